The van der Waals surface area contributed by atoms with E-state index in [2.05, 4.69) is 6.92 Å². The highest BCUT2D eigenvalue weighted by Crippen LogP contribution is 2.36. The summed E-state index contributed by atoms with van der Waals surface area (Å²) in [6.07, 6.45) is 1.38. The third kappa shape index (κ3) is 2.66. The van der Waals surface area contributed by atoms with Crippen LogP contribution in [0.2, 0.25) is 5.02 Å². The maximum Gasteiger partial charge on any atom is 0.0636 e. The van der Waals surface area contributed by atoms with E-state index in [-0.39, 0.29) is 5.38 Å². The Morgan fingerprint density at radius 3 is 2.53 bits per heavy atom. The minimum absolute atomic E-state index is 0.0345. The highest BCUT2D eigenvalue weighted by atomic mass is 35.5. The van der Waals surface area contributed by atoms with Gasteiger partial charge in [0.2, 0.25) is 0 Å². The largest absolute Gasteiger partial charge is 0.378 e. The van der Waals surface area contributed by atoms with Crippen molar-refractivity contribution in [2.45, 2.75) is 24.8 Å². The number of hydrogen-bond donors (Lipinski definition) is 0. The molecule has 15 heavy (non-hydrogen) atoms. The normalized spacial score (nSPS) is 27.9. The van der Waals surface area contributed by atoms with Crippen molar-refractivity contribution in [3.8, 4) is 0 Å². The molecular weight excluding hydrogens is 231 g/mol. The first-order valence-electron chi connectivity index (χ1n) is 5.18. The third-order valence-corrected chi connectivity index (χ3v) is 3.69. The van der Waals surface area contributed by atoms with E-state index in [1.807, 2.05) is 24.3 Å². The number of hydrogen-bond acceptors (Lipinski definition) is 1. The summed E-state index contributed by atoms with van der Waals surface area (Å²) in [5.41, 5.74) is 1.13. The Morgan fingerprint density at radius 1 is 1.33 bits per heavy atom. The van der Waals surface area contributed by atoms with E-state index in [0.29, 0.717) is 12.0 Å². The lowest BCUT2D eigenvalue weighted by molar-refractivity contribution is 0.120. The Balaban J connectivity index is 2.07. The molecule has 1 aliphatic heterocycles. The van der Waals surface area contributed by atoms with Crippen LogP contribution in [-0.4, -0.2) is 12.7 Å². The number of benzene rings is 1. The molecule has 3 heteroatoms. The van der Waals surface area contributed by atoms with E-state index in [1.54, 1.807) is 0 Å². The van der Waals surface area contributed by atoms with Crippen molar-refractivity contribution in [1.82, 2.24) is 0 Å². The van der Waals surface area contributed by atoms with Crippen LogP contribution in [0.15, 0.2) is 24.3 Å². The molecule has 0 amide bonds. The van der Waals surface area contributed by atoms with Gasteiger partial charge < -0.3 is 4.74 Å². The first-order valence-corrected chi connectivity index (χ1v) is 5.99. The summed E-state index contributed by atoms with van der Waals surface area (Å²) >= 11 is 12.2. The van der Waals surface area contributed by atoms with Crippen LogP contribution < -0.4 is 0 Å². The fraction of sp³-hybridized carbons (Fsp3) is 0.500. The van der Waals surface area contributed by atoms with Crippen molar-refractivity contribution in [3.63, 3.8) is 0 Å². The molecule has 1 nitrogen and oxygen atoms in total. The first kappa shape index (κ1) is 11.3. The average molecular weight is 245 g/mol. The van der Waals surface area contributed by atoms with Crippen LogP contribution in [0.4, 0.5) is 0 Å². The zero-order chi connectivity index (χ0) is 10.8. The van der Waals surface area contributed by atoms with Crippen LogP contribution in [0.5, 0.6) is 0 Å². The number of halogens is 2. The van der Waals surface area contributed by atoms with Crippen LogP contribution >= 0.6 is 23.2 Å². The molecule has 1 heterocycles. The Kier molecular flexibility index (Phi) is 3.55. The molecule has 1 aromatic rings. The van der Waals surface area contributed by atoms with E-state index in [0.717, 1.165) is 23.6 Å². The number of ether oxygens (including phenoxy) is 1. The minimum Gasteiger partial charge on any atom is -0.378 e. The summed E-state index contributed by atoms with van der Waals surface area (Å²) < 4.78 is 5.52. The number of alkyl halides is 1. The molecule has 1 aliphatic rings. The standard InChI is InChI=1S/C12H14Cl2O/c1-8-6-10(7-15-8)12(14)9-2-4-11(13)5-3-9/h2-5,8,10,12H,6-7H2,1H3. The molecule has 0 bridgehead atoms. The van der Waals surface area contributed by atoms with E-state index >= 15 is 0 Å². The molecule has 1 aromatic carbocycles. The van der Waals surface area contributed by atoms with E-state index in [4.69, 9.17) is 27.9 Å². The molecule has 3 atom stereocenters. The van der Waals surface area contributed by atoms with Crippen LogP contribution in [0, 0.1) is 5.92 Å². The fourth-order valence-corrected chi connectivity index (χ4v) is 2.42. The van der Waals surface area contributed by atoms with Crippen LogP contribution in [-0.2, 0) is 4.74 Å². The quantitative estimate of drug-likeness (QED) is 0.714. The smallest absolute Gasteiger partial charge is 0.0636 e. The predicted molar refractivity (Wildman–Crippen MR) is 63.6 cm³/mol. The molecule has 0 radical (unpaired) electrons. The molecule has 0 spiro atoms. The van der Waals surface area contributed by atoms with Gasteiger partial charge in [-0.25, -0.2) is 0 Å². The van der Waals surface area contributed by atoms with Gasteiger partial charge in [0.1, 0.15) is 0 Å². The molecule has 0 aromatic heterocycles. The Bertz CT molecular complexity index is 323. The molecule has 0 aliphatic carbocycles. The van der Waals surface area contributed by atoms with Crippen molar-refractivity contribution < 1.29 is 4.74 Å². The SMILES string of the molecule is CC1CC(C(Cl)c2ccc(Cl)cc2)CO1. The molecule has 1 fully saturated rings. The molecule has 82 valence electrons. The second-order valence-electron chi connectivity index (χ2n) is 4.09. The van der Waals surface area contributed by atoms with Gasteiger partial charge in [-0.1, -0.05) is 23.7 Å². The number of rotatable bonds is 2. The van der Waals surface area contributed by atoms with Crippen molar-refractivity contribution in [3.05, 3.63) is 34.9 Å². The van der Waals surface area contributed by atoms with Gasteiger partial charge in [0.15, 0.2) is 0 Å². The summed E-state index contributed by atoms with van der Waals surface area (Å²) in [7, 11) is 0. The topological polar surface area (TPSA) is 9.23 Å². The molecule has 1 saturated heterocycles. The second kappa shape index (κ2) is 4.73. The Morgan fingerprint density at radius 2 is 2.00 bits per heavy atom. The van der Waals surface area contributed by atoms with E-state index in [9.17, 15) is 0 Å². The molecular formula is C12H14Cl2O. The van der Waals surface area contributed by atoms with E-state index < -0.39 is 0 Å². The van der Waals surface area contributed by atoms with Crippen LogP contribution in [0.1, 0.15) is 24.3 Å². The van der Waals surface area contributed by atoms with Gasteiger partial charge >= 0.3 is 0 Å². The van der Waals surface area contributed by atoms with Crippen molar-refractivity contribution in [2.75, 3.05) is 6.61 Å². The Labute approximate surface area is 100 Å². The van der Waals surface area contributed by atoms with Crippen molar-refractivity contribution in [1.29, 1.82) is 0 Å². The highest BCUT2D eigenvalue weighted by molar-refractivity contribution is 6.30. The van der Waals surface area contributed by atoms with Gasteiger partial charge in [-0.15, -0.1) is 11.6 Å². The lowest BCUT2D eigenvalue weighted by Crippen LogP contribution is -2.07. The highest BCUT2D eigenvalue weighted by Gasteiger charge is 2.29. The second-order valence-corrected chi connectivity index (χ2v) is 5.00. The monoisotopic (exact) mass is 244 g/mol. The molecule has 2 rings (SSSR count). The van der Waals surface area contributed by atoms with Gasteiger partial charge in [0, 0.05) is 10.9 Å². The zero-order valence-corrected chi connectivity index (χ0v) is 10.1. The van der Waals surface area contributed by atoms with Gasteiger partial charge in [-0.2, -0.15) is 0 Å². The summed E-state index contributed by atoms with van der Waals surface area (Å²) in [5.74, 6) is 0.419. The maximum absolute atomic E-state index is 6.41. The fourth-order valence-electron chi connectivity index (χ4n) is 1.97. The Hall–Kier alpha value is -0.240. The predicted octanol–water partition coefficient (Wildman–Crippen LogP) is 4.04. The summed E-state index contributed by atoms with van der Waals surface area (Å²) in [6.45, 7) is 2.85. The van der Waals surface area contributed by atoms with Crippen LogP contribution in [0.3, 0.4) is 0 Å². The maximum atomic E-state index is 6.41. The van der Waals surface area contributed by atoms with Gasteiger partial charge in [0.05, 0.1) is 18.1 Å². The van der Waals surface area contributed by atoms with Gasteiger partial charge in [0.25, 0.3) is 0 Å². The molecule has 0 saturated carbocycles. The average Bonchev–Trinajstić information content (AvgIpc) is 2.65. The molecule has 3 unspecified atom stereocenters. The zero-order valence-electron chi connectivity index (χ0n) is 8.62. The third-order valence-electron chi connectivity index (χ3n) is 2.83. The van der Waals surface area contributed by atoms with Gasteiger partial charge in [-0.3, -0.25) is 0 Å². The van der Waals surface area contributed by atoms with Crippen molar-refractivity contribution >= 4 is 23.2 Å². The lowest BCUT2D eigenvalue weighted by atomic mass is 9.96. The van der Waals surface area contributed by atoms with E-state index in [1.165, 1.54) is 0 Å². The molecule has 0 N–H and O–H groups in total. The summed E-state index contributed by atoms with van der Waals surface area (Å²) in [6, 6.07) is 7.74. The lowest BCUT2D eigenvalue weighted by Gasteiger charge is -2.15. The first-order chi connectivity index (χ1) is 7.16. The van der Waals surface area contributed by atoms with Crippen molar-refractivity contribution in [2.24, 2.45) is 5.92 Å². The van der Waals surface area contributed by atoms with Gasteiger partial charge in [-0.05, 0) is 31.0 Å². The van der Waals surface area contributed by atoms with Crippen LogP contribution in [0.25, 0.3) is 0 Å². The minimum atomic E-state index is 0.0345. The summed E-state index contributed by atoms with van der Waals surface area (Å²) in [5, 5.41) is 0.783. The summed E-state index contributed by atoms with van der Waals surface area (Å²) in [4.78, 5) is 0.